The highest BCUT2D eigenvalue weighted by atomic mass is 32.2. The molecule has 2 aromatic carbocycles. The van der Waals surface area contributed by atoms with Gasteiger partial charge in [0.05, 0.1) is 32.0 Å². The molecule has 0 aliphatic carbocycles. The van der Waals surface area contributed by atoms with E-state index < -0.39 is 9.84 Å². The number of rotatable bonds is 8. The Morgan fingerprint density at radius 1 is 1.00 bits per heavy atom. The van der Waals surface area contributed by atoms with Crippen LogP contribution in [0.25, 0.3) is 0 Å². The molecule has 0 amide bonds. The molecular weight excluding hydrogens is 380 g/mol. The number of allylic oxidation sites excluding steroid dienone is 1. The van der Waals surface area contributed by atoms with Gasteiger partial charge in [0.25, 0.3) is 0 Å². The highest BCUT2D eigenvalue weighted by molar-refractivity contribution is 7.91. The standard InChI is InChI=1S/C21H26O6S/c1-14(11-12-28(23,24)16-9-7-6-8-10-16)13-17-15(2)18(22)20(26-4)21(27-5)19(17)25-3/h6-11,22H,12-13H2,1-5H3/b14-11+. The first-order valence-corrected chi connectivity index (χ1v) is 10.4. The quantitative estimate of drug-likeness (QED) is 0.674. The molecule has 0 heterocycles. The van der Waals surface area contributed by atoms with Crippen molar-refractivity contribution < 1.29 is 27.7 Å². The van der Waals surface area contributed by atoms with Gasteiger partial charge in [-0.25, -0.2) is 8.42 Å². The molecule has 0 fully saturated rings. The zero-order valence-corrected chi connectivity index (χ0v) is 17.6. The SMILES string of the molecule is COc1c(O)c(C)c(C/C(C)=C/CS(=O)(=O)c2ccccc2)c(OC)c1OC. The van der Waals surface area contributed by atoms with E-state index in [1.807, 2.05) is 6.92 Å². The highest BCUT2D eigenvalue weighted by Gasteiger charge is 2.24. The maximum absolute atomic E-state index is 12.5. The summed E-state index contributed by atoms with van der Waals surface area (Å²) in [5.41, 5.74) is 2.13. The molecule has 28 heavy (non-hydrogen) atoms. The molecule has 0 aliphatic heterocycles. The molecule has 0 aromatic heterocycles. The van der Waals surface area contributed by atoms with Crippen molar-refractivity contribution in [3.63, 3.8) is 0 Å². The number of sulfone groups is 1. The number of hydrogen-bond donors (Lipinski definition) is 1. The number of hydrogen-bond acceptors (Lipinski definition) is 6. The van der Waals surface area contributed by atoms with Crippen LogP contribution in [0.2, 0.25) is 0 Å². The van der Waals surface area contributed by atoms with Crippen molar-refractivity contribution in [2.75, 3.05) is 27.1 Å². The van der Waals surface area contributed by atoms with Crippen LogP contribution in [0.1, 0.15) is 18.1 Å². The van der Waals surface area contributed by atoms with Crippen molar-refractivity contribution in [1.82, 2.24) is 0 Å². The second kappa shape index (κ2) is 9.01. The smallest absolute Gasteiger partial charge is 0.207 e. The van der Waals surface area contributed by atoms with Crippen LogP contribution in [0.5, 0.6) is 23.0 Å². The van der Waals surface area contributed by atoms with Crippen LogP contribution in [-0.2, 0) is 16.3 Å². The minimum atomic E-state index is -3.41. The Morgan fingerprint density at radius 2 is 1.57 bits per heavy atom. The molecule has 2 aromatic rings. The third-order valence-electron chi connectivity index (χ3n) is 4.53. The molecule has 0 aliphatic rings. The Balaban J connectivity index is 2.37. The normalized spacial score (nSPS) is 12.0. The van der Waals surface area contributed by atoms with E-state index in [1.54, 1.807) is 43.3 Å². The number of benzene rings is 2. The molecule has 0 spiro atoms. The van der Waals surface area contributed by atoms with Crippen LogP contribution in [0.15, 0.2) is 46.9 Å². The highest BCUT2D eigenvalue weighted by Crippen LogP contribution is 2.49. The molecule has 0 saturated heterocycles. The Bertz CT molecular complexity index is 962. The van der Waals surface area contributed by atoms with Gasteiger partial charge in [0, 0.05) is 11.1 Å². The fourth-order valence-electron chi connectivity index (χ4n) is 2.96. The number of methoxy groups -OCH3 is 3. The van der Waals surface area contributed by atoms with E-state index in [0.717, 1.165) is 5.57 Å². The van der Waals surface area contributed by atoms with Crippen molar-refractivity contribution in [2.45, 2.75) is 25.2 Å². The number of aromatic hydroxyl groups is 1. The zero-order chi connectivity index (χ0) is 20.9. The molecular formula is C21H26O6S. The molecule has 6 nitrogen and oxygen atoms in total. The van der Waals surface area contributed by atoms with E-state index in [2.05, 4.69) is 0 Å². The summed E-state index contributed by atoms with van der Waals surface area (Å²) in [5.74, 6) is 0.818. The minimum Gasteiger partial charge on any atom is -0.504 e. The minimum absolute atomic E-state index is 0.0279. The maximum Gasteiger partial charge on any atom is 0.207 e. The van der Waals surface area contributed by atoms with Crippen molar-refractivity contribution in [3.8, 4) is 23.0 Å². The number of ether oxygens (including phenoxy) is 3. The van der Waals surface area contributed by atoms with Gasteiger partial charge < -0.3 is 19.3 Å². The van der Waals surface area contributed by atoms with E-state index >= 15 is 0 Å². The predicted molar refractivity (Wildman–Crippen MR) is 108 cm³/mol. The first kappa shape index (κ1) is 21.6. The van der Waals surface area contributed by atoms with E-state index in [0.29, 0.717) is 29.0 Å². The van der Waals surface area contributed by atoms with Gasteiger partial charge in [0.1, 0.15) is 0 Å². The van der Waals surface area contributed by atoms with Gasteiger partial charge in [-0.05, 0) is 32.4 Å². The fourth-order valence-corrected chi connectivity index (χ4v) is 4.23. The van der Waals surface area contributed by atoms with E-state index in [9.17, 15) is 13.5 Å². The van der Waals surface area contributed by atoms with Crippen LogP contribution in [0.3, 0.4) is 0 Å². The lowest BCUT2D eigenvalue weighted by Crippen LogP contribution is -2.06. The Hall–Kier alpha value is -2.67. The summed E-state index contributed by atoms with van der Waals surface area (Å²) in [4.78, 5) is 0.288. The second-order valence-electron chi connectivity index (χ2n) is 6.37. The summed E-state index contributed by atoms with van der Waals surface area (Å²) in [6.07, 6.45) is 2.07. The summed E-state index contributed by atoms with van der Waals surface area (Å²) in [6, 6.07) is 8.34. The topological polar surface area (TPSA) is 82.1 Å². The van der Waals surface area contributed by atoms with E-state index in [1.165, 1.54) is 21.3 Å². The molecule has 0 bridgehead atoms. The molecule has 2 rings (SSSR count). The summed E-state index contributed by atoms with van der Waals surface area (Å²) in [7, 11) is 1.01. The zero-order valence-electron chi connectivity index (χ0n) is 16.8. The average Bonchev–Trinajstić information content (AvgIpc) is 2.70. The van der Waals surface area contributed by atoms with Gasteiger partial charge in [-0.3, -0.25) is 0 Å². The largest absolute Gasteiger partial charge is 0.504 e. The van der Waals surface area contributed by atoms with Gasteiger partial charge >= 0.3 is 0 Å². The van der Waals surface area contributed by atoms with Gasteiger partial charge in [-0.1, -0.05) is 29.8 Å². The van der Waals surface area contributed by atoms with E-state index in [4.69, 9.17) is 14.2 Å². The lowest BCUT2D eigenvalue weighted by Gasteiger charge is -2.20. The Kier molecular flexibility index (Phi) is 6.96. The van der Waals surface area contributed by atoms with Crippen LogP contribution in [-0.4, -0.2) is 40.6 Å². The van der Waals surface area contributed by atoms with Crippen molar-refractivity contribution in [2.24, 2.45) is 0 Å². The average molecular weight is 407 g/mol. The maximum atomic E-state index is 12.5. The molecule has 152 valence electrons. The summed E-state index contributed by atoms with van der Waals surface area (Å²) >= 11 is 0. The number of phenolic OH excluding ortho intramolecular Hbond substituents is 1. The lowest BCUT2D eigenvalue weighted by atomic mass is 9.98. The van der Waals surface area contributed by atoms with Gasteiger partial charge in [0.15, 0.2) is 21.3 Å². The van der Waals surface area contributed by atoms with Gasteiger partial charge in [0.2, 0.25) is 11.5 Å². The molecule has 0 saturated carbocycles. The van der Waals surface area contributed by atoms with Crippen molar-refractivity contribution in [1.29, 1.82) is 0 Å². The monoisotopic (exact) mass is 406 g/mol. The Morgan fingerprint density at radius 3 is 2.11 bits per heavy atom. The predicted octanol–water partition coefficient (Wildman–Crippen LogP) is 3.69. The van der Waals surface area contributed by atoms with Gasteiger partial charge in [-0.2, -0.15) is 0 Å². The summed E-state index contributed by atoms with van der Waals surface area (Å²) in [6.45, 7) is 3.59. The van der Waals surface area contributed by atoms with Crippen LogP contribution < -0.4 is 14.2 Å². The second-order valence-corrected chi connectivity index (χ2v) is 8.41. The van der Waals surface area contributed by atoms with Crippen molar-refractivity contribution in [3.05, 3.63) is 53.1 Å². The summed E-state index contributed by atoms with van der Waals surface area (Å²) in [5, 5.41) is 10.5. The lowest BCUT2D eigenvalue weighted by molar-refractivity contribution is 0.307. The van der Waals surface area contributed by atoms with Gasteiger partial charge in [-0.15, -0.1) is 0 Å². The first-order chi connectivity index (χ1) is 13.3. The summed E-state index contributed by atoms with van der Waals surface area (Å²) < 4.78 is 41.0. The first-order valence-electron chi connectivity index (χ1n) is 8.70. The molecule has 0 atom stereocenters. The van der Waals surface area contributed by atoms with E-state index in [-0.39, 0.29) is 22.1 Å². The van der Waals surface area contributed by atoms with Crippen LogP contribution in [0.4, 0.5) is 0 Å². The molecule has 1 N–H and O–H groups in total. The Labute approximate surface area is 166 Å². The van der Waals surface area contributed by atoms with Crippen molar-refractivity contribution >= 4 is 9.84 Å². The van der Waals surface area contributed by atoms with Crippen LogP contribution in [0, 0.1) is 6.92 Å². The van der Waals surface area contributed by atoms with Crippen LogP contribution >= 0.6 is 0 Å². The molecule has 0 unspecified atom stereocenters. The number of phenols is 1. The molecule has 0 radical (unpaired) electrons. The molecule has 7 heteroatoms. The fraction of sp³-hybridized carbons (Fsp3) is 0.333. The third-order valence-corrected chi connectivity index (χ3v) is 6.13. The third kappa shape index (κ3) is 4.42.